The molecule has 2 fully saturated rings. The minimum atomic E-state index is -0.853. The summed E-state index contributed by atoms with van der Waals surface area (Å²) in [6.45, 7) is 6.02. The predicted molar refractivity (Wildman–Crippen MR) is 233 cm³/mol. The van der Waals surface area contributed by atoms with Crippen molar-refractivity contribution >= 4 is 86.3 Å². The van der Waals surface area contributed by atoms with Crippen molar-refractivity contribution in [3.05, 3.63) is 103 Å². The number of benzene rings is 1. The maximum Gasteiger partial charge on any atom is 0.407 e. The van der Waals surface area contributed by atoms with Gasteiger partial charge in [0.1, 0.15) is 43.4 Å². The first-order valence-electron chi connectivity index (χ1n) is 18.7. The number of nitrogens with zero attached hydrogens (tertiary/aromatic N) is 4. The highest BCUT2D eigenvalue weighted by Gasteiger charge is 2.31. The van der Waals surface area contributed by atoms with Crippen molar-refractivity contribution in [2.24, 2.45) is 7.05 Å². The quantitative estimate of drug-likeness (QED) is 0.149. The number of thiocarbonyl (C=S) groups is 2. The molecule has 0 aliphatic carbocycles. The summed E-state index contributed by atoms with van der Waals surface area (Å²) in [5, 5.41) is 8.33. The second-order valence-corrected chi connectivity index (χ2v) is 17.9. The molecule has 2 aliphatic heterocycles. The molecule has 314 valence electrons. The van der Waals surface area contributed by atoms with Gasteiger partial charge in [-0.15, -0.1) is 4.73 Å². The fourth-order valence-corrected chi connectivity index (χ4v) is 8.38. The number of carbonyl (C=O) groups excluding carboxylic acids is 5. The van der Waals surface area contributed by atoms with Crippen LogP contribution in [-0.2, 0) is 18.4 Å². The van der Waals surface area contributed by atoms with Gasteiger partial charge in [-0.1, -0.05) is 78.3 Å². The number of pyridine rings is 2. The van der Waals surface area contributed by atoms with Gasteiger partial charge in [-0.25, -0.2) is 4.79 Å². The zero-order valence-electron chi connectivity index (χ0n) is 32.9. The molecule has 20 heteroatoms. The van der Waals surface area contributed by atoms with Crippen LogP contribution < -0.4 is 31.9 Å². The lowest BCUT2D eigenvalue weighted by Gasteiger charge is -2.22. The van der Waals surface area contributed by atoms with Gasteiger partial charge in [0.05, 0.1) is 0 Å². The fourth-order valence-electron chi connectivity index (χ4n) is 5.98. The van der Waals surface area contributed by atoms with Crippen LogP contribution >= 0.6 is 48.0 Å². The van der Waals surface area contributed by atoms with E-state index in [1.807, 2.05) is 6.07 Å². The Balaban J connectivity index is 1.35. The number of carbonyl (C=O) groups is 5. The third-order valence-electron chi connectivity index (χ3n) is 8.98. The SMILES string of the molecule is Cn1c(C(=O)N[C@@H](CCCCNC(=O)OC(C)(C)C)CNC(=O)c2ccc(C(=O)N3CCSC3=S)c(=O)n2OCc2ccccc2)ccc(C(=O)N2CCSC2=S)c1=O. The zero-order valence-corrected chi connectivity index (χ0v) is 36.2. The molecule has 0 unspecified atom stereocenters. The van der Waals surface area contributed by atoms with E-state index in [1.54, 1.807) is 45.0 Å². The molecule has 5 amide bonds. The third kappa shape index (κ3) is 11.8. The average Bonchev–Trinajstić information content (AvgIpc) is 3.83. The summed E-state index contributed by atoms with van der Waals surface area (Å²) >= 11 is 13.2. The Morgan fingerprint density at radius 3 is 1.95 bits per heavy atom. The summed E-state index contributed by atoms with van der Waals surface area (Å²) in [5.74, 6) is -1.32. The second kappa shape index (κ2) is 20.3. The van der Waals surface area contributed by atoms with Crippen LogP contribution in [0.25, 0.3) is 0 Å². The Hall–Kier alpha value is -5.05. The lowest BCUT2D eigenvalue weighted by atomic mass is 10.1. The summed E-state index contributed by atoms with van der Waals surface area (Å²) in [6, 6.07) is 13.5. The smallest absolute Gasteiger partial charge is 0.407 e. The van der Waals surface area contributed by atoms with Gasteiger partial charge in [0.25, 0.3) is 34.7 Å². The van der Waals surface area contributed by atoms with Crippen molar-refractivity contribution in [1.82, 2.24) is 35.0 Å². The molecule has 3 aromatic rings. The normalized spacial score (nSPS) is 14.5. The van der Waals surface area contributed by atoms with Crippen LogP contribution in [-0.4, -0.2) is 107 Å². The Bertz CT molecular complexity index is 2240. The molecule has 5 rings (SSSR count). The number of alkyl carbamates (subject to hydrolysis) is 1. The van der Waals surface area contributed by atoms with E-state index in [1.165, 1.54) is 64.6 Å². The third-order valence-corrected chi connectivity index (χ3v) is 11.8. The highest BCUT2D eigenvalue weighted by atomic mass is 32.2. The van der Waals surface area contributed by atoms with Gasteiger partial charge in [0.15, 0.2) is 0 Å². The predicted octanol–water partition coefficient (Wildman–Crippen LogP) is 3.35. The van der Waals surface area contributed by atoms with Crippen molar-refractivity contribution in [3.8, 4) is 0 Å². The summed E-state index contributed by atoms with van der Waals surface area (Å²) in [6.07, 6.45) is 0.717. The van der Waals surface area contributed by atoms with E-state index in [0.717, 1.165) is 9.30 Å². The van der Waals surface area contributed by atoms with Crippen LogP contribution in [0.15, 0.2) is 64.2 Å². The summed E-state index contributed by atoms with van der Waals surface area (Å²) in [5.41, 5.74) is -2.10. The number of hydrogen-bond acceptors (Lipinski definition) is 13. The second-order valence-electron chi connectivity index (χ2n) is 14.4. The zero-order chi connectivity index (χ0) is 42.9. The van der Waals surface area contributed by atoms with E-state index < -0.39 is 52.5 Å². The number of aromatic nitrogens is 2. The van der Waals surface area contributed by atoms with Crippen molar-refractivity contribution < 1.29 is 33.5 Å². The van der Waals surface area contributed by atoms with Crippen LogP contribution in [0.3, 0.4) is 0 Å². The molecule has 2 saturated heterocycles. The fraction of sp³-hybridized carbons (Fsp3) is 0.410. The van der Waals surface area contributed by atoms with E-state index in [-0.39, 0.29) is 42.2 Å². The molecule has 4 heterocycles. The summed E-state index contributed by atoms with van der Waals surface area (Å²) in [4.78, 5) is 102. The molecule has 16 nitrogen and oxygen atoms in total. The Kier molecular flexibility index (Phi) is 15.5. The molecule has 2 aliphatic rings. The van der Waals surface area contributed by atoms with Crippen LogP contribution in [0.4, 0.5) is 4.79 Å². The Labute approximate surface area is 359 Å². The molecule has 0 radical (unpaired) electrons. The lowest BCUT2D eigenvalue weighted by molar-refractivity contribution is 0.0526. The van der Waals surface area contributed by atoms with Crippen molar-refractivity contribution in [2.45, 2.75) is 58.3 Å². The molecule has 1 atom stereocenters. The number of nitrogens with one attached hydrogen (secondary N) is 3. The standard InChI is InChI=1S/C39H45N7O9S4/c1-39(2,3)55-36(53)40-17-9-8-12-25(42-31(48)28-15-13-26(32(49)43(28)4)33(50)44-18-20-58-37(44)56)22-41-30(47)29-16-14-27(34(51)45-19-21-59-38(45)57)35(52)46(29)54-23-24-10-6-5-7-11-24/h5-7,10-11,13-16,25H,8-9,12,17-23H2,1-4H3,(H,40,53)(H,41,47)(H,42,48)/t25-/m0/s1. The first-order chi connectivity index (χ1) is 28.1. The molecule has 0 saturated carbocycles. The van der Waals surface area contributed by atoms with Crippen LogP contribution in [0.5, 0.6) is 0 Å². The van der Waals surface area contributed by atoms with Gasteiger partial charge in [0, 0.05) is 50.8 Å². The lowest BCUT2D eigenvalue weighted by Crippen LogP contribution is -2.46. The van der Waals surface area contributed by atoms with E-state index in [4.69, 9.17) is 34.0 Å². The maximum absolute atomic E-state index is 13.8. The molecular formula is C39H45N7O9S4. The monoisotopic (exact) mass is 883 g/mol. The van der Waals surface area contributed by atoms with E-state index >= 15 is 0 Å². The van der Waals surface area contributed by atoms with Gasteiger partial charge in [-0.2, -0.15) is 0 Å². The van der Waals surface area contributed by atoms with Crippen molar-refractivity contribution in [2.75, 3.05) is 37.7 Å². The largest absolute Gasteiger partial charge is 0.444 e. The highest BCUT2D eigenvalue weighted by molar-refractivity contribution is 8.23. The van der Waals surface area contributed by atoms with Gasteiger partial charge >= 0.3 is 6.09 Å². The molecule has 1 aromatic carbocycles. The Morgan fingerprint density at radius 2 is 1.37 bits per heavy atom. The molecule has 59 heavy (non-hydrogen) atoms. The van der Waals surface area contributed by atoms with Crippen LogP contribution in [0.1, 0.15) is 87.3 Å². The van der Waals surface area contributed by atoms with Crippen molar-refractivity contribution in [3.63, 3.8) is 0 Å². The maximum atomic E-state index is 13.8. The number of unbranched alkanes of at least 4 members (excludes halogenated alkanes) is 1. The molecule has 2 aromatic heterocycles. The first kappa shape index (κ1) is 45.0. The van der Waals surface area contributed by atoms with Crippen molar-refractivity contribution in [1.29, 1.82) is 0 Å². The number of thioether (sulfide) groups is 2. The van der Waals surface area contributed by atoms with Gasteiger partial charge in [-0.05, 0) is 69.9 Å². The van der Waals surface area contributed by atoms with E-state index in [9.17, 15) is 33.6 Å². The summed E-state index contributed by atoms with van der Waals surface area (Å²) in [7, 11) is 1.38. The molecule has 0 spiro atoms. The minimum Gasteiger partial charge on any atom is -0.444 e. The van der Waals surface area contributed by atoms with E-state index in [0.29, 0.717) is 58.1 Å². The number of amides is 5. The van der Waals surface area contributed by atoms with E-state index in [2.05, 4.69) is 16.0 Å². The van der Waals surface area contributed by atoms with Gasteiger partial charge in [-0.3, -0.25) is 38.6 Å². The van der Waals surface area contributed by atoms with Crippen LogP contribution in [0, 0.1) is 0 Å². The number of rotatable bonds is 15. The number of ether oxygens (including phenoxy) is 1. The minimum absolute atomic E-state index is 0.0351. The Morgan fingerprint density at radius 1 is 0.780 bits per heavy atom. The topological polar surface area (TPSA) is 190 Å². The number of hydrogen-bond donors (Lipinski definition) is 3. The van der Waals surface area contributed by atoms with Gasteiger partial charge in [0.2, 0.25) is 0 Å². The first-order valence-corrected chi connectivity index (χ1v) is 21.5. The van der Waals surface area contributed by atoms with Gasteiger partial charge < -0.3 is 30.1 Å². The highest BCUT2D eigenvalue weighted by Crippen LogP contribution is 2.21. The van der Waals surface area contributed by atoms with Crippen LogP contribution in [0.2, 0.25) is 0 Å². The summed E-state index contributed by atoms with van der Waals surface area (Å²) < 4.78 is 7.87. The average molecular weight is 884 g/mol. The molecular weight excluding hydrogens is 839 g/mol. The molecule has 3 N–H and O–H groups in total. The molecule has 0 bridgehead atoms.